The summed E-state index contributed by atoms with van der Waals surface area (Å²) in [5.74, 6) is 1.73. The number of H-pyrrole nitrogens is 1. The molecule has 0 saturated carbocycles. The molecule has 1 saturated heterocycles. The average molecular weight is 397 g/mol. The monoisotopic (exact) mass is 396 g/mol. The SMILES string of the molecule is CCOc1ccc(C(=O)NC2CCN(c3cc(-c4cccs4)[nH]n3)CC2)cc1. The van der Waals surface area contributed by atoms with E-state index in [9.17, 15) is 4.79 Å². The molecule has 146 valence electrons. The summed E-state index contributed by atoms with van der Waals surface area (Å²) < 4.78 is 5.42. The summed E-state index contributed by atoms with van der Waals surface area (Å²) in [6, 6.07) is 13.7. The van der Waals surface area contributed by atoms with E-state index in [4.69, 9.17) is 4.74 Å². The topological polar surface area (TPSA) is 70.2 Å². The van der Waals surface area contributed by atoms with Crippen molar-refractivity contribution in [3.05, 3.63) is 53.4 Å². The van der Waals surface area contributed by atoms with Crippen molar-refractivity contribution in [2.75, 3.05) is 24.6 Å². The van der Waals surface area contributed by atoms with Crippen LogP contribution in [0.25, 0.3) is 10.6 Å². The lowest BCUT2D eigenvalue weighted by atomic mass is 10.0. The van der Waals surface area contributed by atoms with Crippen LogP contribution in [0.3, 0.4) is 0 Å². The number of carbonyl (C=O) groups is 1. The number of ether oxygens (including phenoxy) is 1. The molecule has 2 aromatic heterocycles. The van der Waals surface area contributed by atoms with Crippen LogP contribution in [0.15, 0.2) is 47.8 Å². The van der Waals surface area contributed by atoms with Crippen LogP contribution >= 0.6 is 11.3 Å². The molecule has 6 nitrogen and oxygen atoms in total. The van der Waals surface area contributed by atoms with Gasteiger partial charge in [-0.25, -0.2) is 0 Å². The van der Waals surface area contributed by atoms with Gasteiger partial charge in [0.05, 0.1) is 17.2 Å². The maximum Gasteiger partial charge on any atom is 0.251 e. The van der Waals surface area contributed by atoms with Crippen molar-refractivity contribution < 1.29 is 9.53 Å². The smallest absolute Gasteiger partial charge is 0.251 e. The molecule has 1 fully saturated rings. The Kier molecular flexibility index (Phi) is 5.62. The van der Waals surface area contributed by atoms with Crippen molar-refractivity contribution in [3.63, 3.8) is 0 Å². The van der Waals surface area contributed by atoms with Crippen molar-refractivity contribution in [2.45, 2.75) is 25.8 Å². The highest BCUT2D eigenvalue weighted by atomic mass is 32.1. The lowest BCUT2D eigenvalue weighted by Crippen LogP contribution is -2.44. The summed E-state index contributed by atoms with van der Waals surface area (Å²) in [6.45, 7) is 4.32. The summed E-state index contributed by atoms with van der Waals surface area (Å²) in [5.41, 5.74) is 1.72. The van der Waals surface area contributed by atoms with Crippen LogP contribution in [0.4, 0.5) is 5.82 Å². The Morgan fingerprint density at radius 2 is 2.07 bits per heavy atom. The average Bonchev–Trinajstić information content (AvgIpc) is 3.41. The van der Waals surface area contributed by atoms with Crippen LogP contribution in [-0.4, -0.2) is 41.8 Å². The van der Waals surface area contributed by atoms with Gasteiger partial charge < -0.3 is 15.0 Å². The van der Waals surface area contributed by atoms with Crippen LogP contribution in [0.5, 0.6) is 5.75 Å². The number of amides is 1. The molecule has 7 heteroatoms. The summed E-state index contributed by atoms with van der Waals surface area (Å²) in [4.78, 5) is 15.9. The molecule has 2 N–H and O–H groups in total. The van der Waals surface area contributed by atoms with Crippen LogP contribution < -0.4 is 15.0 Å². The number of aromatic nitrogens is 2. The van der Waals surface area contributed by atoms with Gasteiger partial charge in [0, 0.05) is 30.8 Å². The first-order valence-corrected chi connectivity index (χ1v) is 10.5. The molecule has 4 rings (SSSR count). The van der Waals surface area contributed by atoms with Gasteiger partial charge in [-0.05, 0) is 55.5 Å². The van der Waals surface area contributed by atoms with E-state index in [1.165, 1.54) is 4.88 Å². The second-order valence-corrected chi connectivity index (χ2v) is 7.76. The Morgan fingerprint density at radius 1 is 1.29 bits per heavy atom. The van der Waals surface area contributed by atoms with E-state index >= 15 is 0 Å². The van der Waals surface area contributed by atoms with Gasteiger partial charge in [0.15, 0.2) is 5.82 Å². The van der Waals surface area contributed by atoms with Gasteiger partial charge in [-0.3, -0.25) is 9.89 Å². The number of hydrogen-bond acceptors (Lipinski definition) is 5. The zero-order valence-electron chi connectivity index (χ0n) is 15.9. The van der Waals surface area contributed by atoms with Crippen LogP contribution in [0, 0.1) is 0 Å². The van der Waals surface area contributed by atoms with Gasteiger partial charge in [0.1, 0.15) is 5.75 Å². The fourth-order valence-electron chi connectivity index (χ4n) is 3.42. The zero-order chi connectivity index (χ0) is 19.3. The standard InChI is InChI=1S/C21H24N4O2S/c1-2-27-17-7-5-15(6-8-17)21(26)22-16-9-11-25(12-10-16)20-14-18(23-24-20)19-4-3-13-28-19/h3-8,13-14,16H,2,9-12H2,1H3,(H,22,26)(H,23,24). The van der Waals surface area contributed by atoms with E-state index in [1.807, 2.05) is 37.3 Å². The number of benzene rings is 1. The number of thiophene rings is 1. The minimum Gasteiger partial charge on any atom is -0.494 e. The Balaban J connectivity index is 1.30. The van der Waals surface area contributed by atoms with E-state index in [-0.39, 0.29) is 11.9 Å². The minimum atomic E-state index is -0.0266. The van der Waals surface area contributed by atoms with E-state index in [1.54, 1.807) is 11.3 Å². The number of piperidine rings is 1. The number of nitrogens with zero attached hydrogens (tertiary/aromatic N) is 2. The van der Waals surface area contributed by atoms with Gasteiger partial charge in [-0.1, -0.05) is 6.07 Å². The zero-order valence-corrected chi connectivity index (χ0v) is 16.7. The lowest BCUT2D eigenvalue weighted by molar-refractivity contribution is 0.0931. The predicted octanol–water partition coefficient (Wildman–Crippen LogP) is 3.94. The summed E-state index contributed by atoms with van der Waals surface area (Å²) in [5, 5.41) is 12.8. The first-order valence-electron chi connectivity index (χ1n) is 9.61. The van der Waals surface area contributed by atoms with E-state index in [0.29, 0.717) is 12.2 Å². The number of carbonyl (C=O) groups excluding carboxylic acids is 1. The Labute approximate surface area is 168 Å². The molecule has 0 spiro atoms. The highest BCUT2D eigenvalue weighted by Crippen LogP contribution is 2.27. The molecular weight excluding hydrogens is 372 g/mol. The largest absolute Gasteiger partial charge is 0.494 e. The highest BCUT2D eigenvalue weighted by Gasteiger charge is 2.23. The van der Waals surface area contributed by atoms with E-state index in [0.717, 1.165) is 43.2 Å². The quantitative estimate of drug-likeness (QED) is 0.662. The minimum absolute atomic E-state index is 0.0266. The summed E-state index contributed by atoms with van der Waals surface area (Å²) >= 11 is 1.70. The van der Waals surface area contributed by atoms with Crippen molar-refractivity contribution in [1.82, 2.24) is 15.5 Å². The highest BCUT2D eigenvalue weighted by molar-refractivity contribution is 7.13. The summed E-state index contributed by atoms with van der Waals surface area (Å²) in [7, 11) is 0. The van der Waals surface area contributed by atoms with Gasteiger partial charge in [0.25, 0.3) is 5.91 Å². The summed E-state index contributed by atoms with van der Waals surface area (Å²) in [6.07, 6.45) is 1.81. The van der Waals surface area contributed by atoms with Gasteiger partial charge in [-0.2, -0.15) is 5.10 Å². The maximum atomic E-state index is 12.5. The van der Waals surface area contributed by atoms with Crippen molar-refractivity contribution in [3.8, 4) is 16.3 Å². The van der Waals surface area contributed by atoms with Crippen molar-refractivity contribution in [1.29, 1.82) is 0 Å². The first-order chi connectivity index (χ1) is 13.7. The van der Waals surface area contributed by atoms with Gasteiger partial charge in [0.2, 0.25) is 0 Å². The van der Waals surface area contributed by atoms with Crippen LogP contribution in [-0.2, 0) is 0 Å². The molecule has 1 aromatic carbocycles. The molecule has 3 heterocycles. The molecule has 0 radical (unpaired) electrons. The third-order valence-electron chi connectivity index (χ3n) is 4.93. The molecular formula is C21H24N4O2S. The first kappa shape index (κ1) is 18.6. The second kappa shape index (κ2) is 8.48. The molecule has 1 aliphatic rings. The van der Waals surface area contributed by atoms with Crippen LogP contribution in [0.2, 0.25) is 0 Å². The molecule has 1 amide bonds. The molecule has 0 bridgehead atoms. The van der Waals surface area contributed by atoms with Crippen molar-refractivity contribution >= 4 is 23.1 Å². The predicted molar refractivity (Wildman–Crippen MR) is 112 cm³/mol. The lowest BCUT2D eigenvalue weighted by Gasteiger charge is -2.32. The number of aromatic amines is 1. The van der Waals surface area contributed by atoms with E-state index < -0.39 is 0 Å². The molecule has 3 aromatic rings. The molecule has 28 heavy (non-hydrogen) atoms. The second-order valence-electron chi connectivity index (χ2n) is 6.81. The molecule has 0 unspecified atom stereocenters. The van der Waals surface area contributed by atoms with Crippen molar-refractivity contribution in [2.24, 2.45) is 0 Å². The van der Waals surface area contributed by atoms with Crippen LogP contribution in [0.1, 0.15) is 30.1 Å². The fourth-order valence-corrected chi connectivity index (χ4v) is 4.11. The molecule has 0 aliphatic carbocycles. The third-order valence-corrected chi connectivity index (χ3v) is 5.84. The number of rotatable bonds is 6. The fraction of sp³-hybridized carbons (Fsp3) is 0.333. The van der Waals surface area contributed by atoms with E-state index in [2.05, 4.69) is 37.9 Å². The Hall–Kier alpha value is -2.80. The Bertz CT molecular complexity index is 897. The third kappa shape index (κ3) is 4.20. The number of anilines is 1. The van der Waals surface area contributed by atoms with Gasteiger partial charge in [-0.15, -0.1) is 11.3 Å². The molecule has 0 atom stereocenters. The number of hydrogen-bond donors (Lipinski definition) is 2. The molecule has 1 aliphatic heterocycles. The maximum absolute atomic E-state index is 12.5. The Morgan fingerprint density at radius 3 is 2.75 bits per heavy atom. The number of nitrogens with one attached hydrogen (secondary N) is 2. The van der Waals surface area contributed by atoms with Gasteiger partial charge >= 0.3 is 0 Å². The normalized spacial score (nSPS) is 14.8.